The molecule has 0 bridgehead atoms. The fraction of sp³-hybridized carbons (Fsp3) is 0.833. The molecule has 0 aromatic rings. The molecule has 2 aliphatic rings. The van der Waals surface area contributed by atoms with E-state index in [9.17, 15) is 9.59 Å². The molecule has 0 radical (unpaired) electrons. The normalized spacial score (nSPS) is 33.3. The van der Waals surface area contributed by atoms with Gasteiger partial charge in [-0.3, -0.25) is 9.69 Å². The molecule has 0 aromatic heterocycles. The second-order valence-corrected chi connectivity index (χ2v) is 5.04. The van der Waals surface area contributed by atoms with Crippen molar-refractivity contribution in [2.75, 3.05) is 13.1 Å². The fourth-order valence-corrected chi connectivity index (χ4v) is 3.08. The molecule has 1 saturated carbocycles. The number of rotatable bonds is 3. The molecular weight excluding hydrogens is 218 g/mol. The summed E-state index contributed by atoms with van der Waals surface area (Å²) >= 11 is 0. The summed E-state index contributed by atoms with van der Waals surface area (Å²) in [6.45, 7) is 2.93. The Kier molecular flexibility index (Phi) is 3.38. The molecule has 1 saturated heterocycles. The summed E-state index contributed by atoms with van der Waals surface area (Å²) in [5.41, 5.74) is 5.07. The van der Waals surface area contributed by atoms with Crippen molar-refractivity contribution in [3.63, 3.8) is 0 Å². The van der Waals surface area contributed by atoms with Gasteiger partial charge in [0.05, 0.1) is 0 Å². The van der Waals surface area contributed by atoms with Crippen LogP contribution in [-0.4, -0.2) is 35.5 Å². The van der Waals surface area contributed by atoms with Crippen molar-refractivity contribution in [1.82, 2.24) is 10.2 Å². The van der Waals surface area contributed by atoms with Gasteiger partial charge < -0.3 is 11.1 Å². The molecule has 1 aliphatic carbocycles. The second-order valence-electron chi connectivity index (χ2n) is 5.04. The predicted molar refractivity (Wildman–Crippen MR) is 64.3 cm³/mol. The van der Waals surface area contributed by atoms with Crippen molar-refractivity contribution >= 4 is 11.9 Å². The van der Waals surface area contributed by atoms with E-state index in [-0.39, 0.29) is 17.9 Å². The van der Waals surface area contributed by atoms with Gasteiger partial charge in [-0.1, -0.05) is 19.8 Å². The first-order valence-electron chi connectivity index (χ1n) is 6.50. The van der Waals surface area contributed by atoms with Crippen molar-refractivity contribution in [3.05, 3.63) is 0 Å². The monoisotopic (exact) mass is 239 g/mol. The smallest absolute Gasteiger partial charge is 0.325 e. The molecular formula is C12H21N3O2. The molecule has 1 aliphatic heterocycles. The van der Waals surface area contributed by atoms with Crippen LogP contribution < -0.4 is 11.1 Å². The van der Waals surface area contributed by atoms with Crippen molar-refractivity contribution in [2.45, 2.75) is 44.6 Å². The average molecular weight is 239 g/mol. The molecule has 0 aromatic carbocycles. The Morgan fingerprint density at radius 2 is 2.24 bits per heavy atom. The number of carbonyl (C=O) groups excluding carboxylic acids is 2. The van der Waals surface area contributed by atoms with Crippen LogP contribution in [0.1, 0.15) is 39.0 Å². The van der Waals surface area contributed by atoms with E-state index in [1.165, 1.54) is 4.90 Å². The average Bonchev–Trinajstić information content (AvgIpc) is 2.56. The lowest BCUT2D eigenvalue weighted by Gasteiger charge is -2.38. The SMILES string of the molecule is CCCN1C(=O)NC2(CCCCC2CN)C1=O. The van der Waals surface area contributed by atoms with Crippen molar-refractivity contribution in [3.8, 4) is 0 Å². The van der Waals surface area contributed by atoms with E-state index in [2.05, 4.69) is 5.32 Å². The Hall–Kier alpha value is -1.10. The highest BCUT2D eigenvalue weighted by molar-refractivity contribution is 6.07. The quantitative estimate of drug-likeness (QED) is 0.716. The zero-order valence-electron chi connectivity index (χ0n) is 10.4. The standard InChI is InChI=1S/C12H21N3O2/c1-2-7-15-10(16)12(14-11(15)17)6-4-3-5-9(12)8-13/h9H,2-8,13H2,1H3,(H,14,17). The van der Waals surface area contributed by atoms with Crippen LogP contribution in [0, 0.1) is 5.92 Å². The Morgan fingerprint density at radius 1 is 1.47 bits per heavy atom. The van der Waals surface area contributed by atoms with Crippen LogP contribution in [-0.2, 0) is 4.79 Å². The Balaban J connectivity index is 2.25. The van der Waals surface area contributed by atoms with Gasteiger partial charge in [-0.2, -0.15) is 0 Å². The van der Waals surface area contributed by atoms with E-state index in [1.54, 1.807) is 0 Å². The first-order chi connectivity index (χ1) is 8.15. The number of hydrogen-bond acceptors (Lipinski definition) is 3. The fourth-order valence-electron chi connectivity index (χ4n) is 3.08. The van der Waals surface area contributed by atoms with Crippen molar-refractivity contribution in [2.24, 2.45) is 11.7 Å². The number of nitrogens with zero attached hydrogens (tertiary/aromatic N) is 1. The third-order valence-electron chi connectivity index (χ3n) is 4.00. The van der Waals surface area contributed by atoms with Gasteiger partial charge in [0.1, 0.15) is 5.54 Å². The largest absolute Gasteiger partial charge is 0.330 e. The minimum absolute atomic E-state index is 0.0560. The van der Waals surface area contributed by atoms with Crippen LogP contribution in [0.4, 0.5) is 4.79 Å². The van der Waals surface area contributed by atoms with E-state index in [0.29, 0.717) is 13.1 Å². The van der Waals surface area contributed by atoms with Gasteiger partial charge in [0.15, 0.2) is 0 Å². The zero-order chi connectivity index (χ0) is 12.5. The first-order valence-corrected chi connectivity index (χ1v) is 6.50. The maximum atomic E-state index is 12.4. The van der Waals surface area contributed by atoms with Crippen LogP contribution in [0.25, 0.3) is 0 Å². The molecule has 2 unspecified atom stereocenters. The van der Waals surface area contributed by atoms with Crippen molar-refractivity contribution in [1.29, 1.82) is 0 Å². The molecule has 1 heterocycles. The Labute approximate surface area is 102 Å². The molecule has 5 nitrogen and oxygen atoms in total. The molecule has 2 rings (SSSR count). The van der Waals surface area contributed by atoms with Crippen LogP contribution in [0.2, 0.25) is 0 Å². The van der Waals surface area contributed by atoms with Gasteiger partial charge in [0.25, 0.3) is 5.91 Å². The van der Waals surface area contributed by atoms with Crippen LogP contribution in [0.3, 0.4) is 0 Å². The molecule has 1 spiro atoms. The molecule has 96 valence electrons. The number of nitrogens with two attached hydrogens (primary N) is 1. The van der Waals surface area contributed by atoms with E-state index in [4.69, 9.17) is 5.73 Å². The summed E-state index contributed by atoms with van der Waals surface area (Å²) in [5, 5.41) is 2.91. The van der Waals surface area contributed by atoms with Gasteiger partial charge in [0.2, 0.25) is 0 Å². The highest BCUT2D eigenvalue weighted by Crippen LogP contribution is 2.37. The molecule has 2 fully saturated rings. The summed E-state index contributed by atoms with van der Waals surface area (Å²) < 4.78 is 0. The number of carbonyl (C=O) groups is 2. The Morgan fingerprint density at radius 3 is 2.88 bits per heavy atom. The summed E-state index contributed by atoms with van der Waals surface area (Å²) in [6.07, 6.45) is 4.55. The number of hydrogen-bond donors (Lipinski definition) is 2. The van der Waals surface area contributed by atoms with Crippen LogP contribution in [0.15, 0.2) is 0 Å². The first kappa shape index (κ1) is 12.4. The molecule has 3 amide bonds. The topological polar surface area (TPSA) is 75.4 Å². The molecule has 3 N–H and O–H groups in total. The van der Waals surface area contributed by atoms with E-state index >= 15 is 0 Å². The van der Waals surface area contributed by atoms with E-state index < -0.39 is 5.54 Å². The molecule has 17 heavy (non-hydrogen) atoms. The van der Waals surface area contributed by atoms with Gasteiger partial charge in [-0.15, -0.1) is 0 Å². The van der Waals surface area contributed by atoms with Crippen molar-refractivity contribution < 1.29 is 9.59 Å². The minimum Gasteiger partial charge on any atom is -0.330 e. The minimum atomic E-state index is -0.695. The van der Waals surface area contributed by atoms with Gasteiger partial charge >= 0.3 is 6.03 Å². The van der Waals surface area contributed by atoms with Crippen LogP contribution >= 0.6 is 0 Å². The summed E-state index contributed by atoms with van der Waals surface area (Å²) in [7, 11) is 0. The molecule has 5 heteroatoms. The van der Waals surface area contributed by atoms with Crippen LogP contribution in [0.5, 0.6) is 0 Å². The summed E-state index contributed by atoms with van der Waals surface area (Å²) in [5.74, 6) is 0.0362. The number of imide groups is 1. The number of amides is 3. The molecule has 2 atom stereocenters. The van der Waals surface area contributed by atoms with E-state index in [0.717, 1.165) is 32.1 Å². The zero-order valence-corrected chi connectivity index (χ0v) is 10.4. The summed E-state index contributed by atoms with van der Waals surface area (Å²) in [6, 6.07) is -0.239. The lowest BCUT2D eigenvalue weighted by atomic mass is 9.72. The van der Waals surface area contributed by atoms with Gasteiger partial charge in [-0.25, -0.2) is 4.79 Å². The van der Waals surface area contributed by atoms with Gasteiger partial charge in [0, 0.05) is 12.5 Å². The Bertz CT molecular complexity index is 332. The predicted octanol–water partition coefficient (Wildman–Crippen LogP) is 0.836. The second kappa shape index (κ2) is 4.64. The highest BCUT2D eigenvalue weighted by Gasteiger charge is 2.55. The lowest BCUT2D eigenvalue weighted by Crippen LogP contribution is -2.57. The van der Waals surface area contributed by atoms with E-state index in [1.807, 2.05) is 6.92 Å². The number of urea groups is 1. The maximum Gasteiger partial charge on any atom is 0.325 e. The third-order valence-corrected chi connectivity index (χ3v) is 4.00. The summed E-state index contributed by atoms with van der Waals surface area (Å²) in [4.78, 5) is 25.7. The highest BCUT2D eigenvalue weighted by atomic mass is 16.2. The third kappa shape index (κ3) is 1.82. The maximum absolute atomic E-state index is 12.4. The lowest BCUT2D eigenvalue weighted by molar-refractivity contribution is -0.134. The number of nitrogens with one attached hydrogen (secondary N) is 1. The van der Waals surface area contributed by atoms with Gasteiger partial charge in [-0.05, 0) is 25.8 Å².